The molecule has 1 N–H and O–H groups in total. The van der Waals surface area contributed by atoms with Crippen LogP contribution in [-0.4, -0.2) is 44.8 Å². The lowest BCUT2D eigenvalue weighted by Gasteiger charge is -2.31. The number of nitrogens with one attached hydrogen (secondary N) is 1. The smallest absolute Gasteiger partial charge is 0.0589 e. The van der Waals surface area contributed by atoms with E-state index in [4.69, 9.17) is 4.74 Å². The third-order valence-corrected chi connectivity index (χ3v) is 3.68. The SMILES string of the molecule is C=CCN(CCOC)CC1CNCc2ccccc21. The molecule has 1 aliphatic heterocycles. The fraction of sp³-hybridized carbons (Fsp3) is 0.500. The molecule has 1 aromatic carbocycles. The molecular weight excluding hydrogens is 236 g/mol. The van der Waals surface area contributed by atoms with E-state index in [1.165, 1.54) is 11.1 Å². The van der Waals surface area contributed by atoms with Gasteiger partial charge in [0.25, 0.3) is 0 Å². The van der Waals surface area contributed by atoms with Gasteiger partial charge in [0, 0.05) is 45.8 Å². The van der Waals surface area contributed by atoms with Crippen LogP contribution >= 0.6 is 0 Å². The zero-order valence-corrected chi connectivity index (χ0v) is 11.8. The van der Waals surface area contributed by atoms with Gasteiger partial charge in [0.2, 0.25) is 0 Å². The van der Waals surface area contributed by atoms with E-state index >= 15 is 0 Å². The lowest BCUT2D eigenvalue weighted by atomic mass is 9.90. The summed E-state index contributed by atoms with van der Waals surface area (Å²) in [5, 5.41) is 3.51. The van der Waals surface area contributed by atoms with Crippen LogP contribution in [0.1, 0.15) is 17.0 Å². The van der Waals surface area contributed by atoms with Crippen molar-refractivity contribution in [3.63, 3.8) is 0 Å². The first-order chi connectivity index (χ1) is 9.35. The van der Waals surface area contributed by atoms with Gasteiger partial charge in [-0.05, 0) is 11.1 Å². The molecular formula is C16H24N2O. The minimum absolute atomic E-state index is 0.557. The van der Waals surface area contributed by atoms with E-state index in [2.05, 4.69) is 41.1 Å². The molecule has 3 nitrogen and oxygen atoms in total. The van der Waals surface area contributed by atoms with E-state index in [1.54, 1.807) is 7.11 Å². The number of nitrogens with zero attached hydrogens (tertiary/aromatic N) is 1. The van der Waals surface area contributed by atoms with Gasteiger partial charge in [-0.1, -0.05) is 30.3 Å². The molecule has 0 amide bonds. The van der Waals surface area contributed by atoms with Gasteiger partial charge < -0.3 is 10.1 Å². The summed E-state index contributed by atoms with van der Waals surface area (Å²) in [5.74, 6) is 0.557. The quantitative estimate of drug-likeness (QED) is 0.759. The molecule has 0 radical (unpaired) electrons. The standard InChI is InChI=1S/C16H24N2O/c1-3-8-18(9-10-19-2)13-15-12-17-11-14-6-4-5-7-16(14)15/h3-7,15,17H,1,8-13H2,2H3. The maximum Gasteiger partial charge on any atom is 0.0589 e. The number of methoxy groups -OCH3 is 1. The van der Waals surface area contributed by atoms with Crippen molar-refractivity contribution in [1.29, 1.82) is 0 Å². The minimum Gasteiger partial charge on any atom is -0.383 e. The van der Waals surface area contributed by atoms with Crippen LogP contribution in [0.25, 0.3) is 0 Å². The summed E-state index contributed by atoms with van der Waals surface area (Å²) in [6, 6.07) is 8.75. The van der Waals surface area contributed by atoms with Crippen molar-refractivity contribution in [3.05, 3.63) is 48.0 Å². The third kappa shape index (κ3) is 3.90. The van der Waals surface area contributed by atoms with E-state index in [-0.39, 0.29) is 0 Å². The molecule has 3 heteroatoms. The van der Waals surface area contributed by atoms with E-state index in [9.17, 15) is 0 Å². The Morgan fingerprint density at radius 2 is 2.32 bits per heavy atom. The van der Waals surface area contributed by atoms with Crippen LogP contribution in [0.4, 0.5) is 0 Å². The van der Waals surface area contributed by atoms with Crippen molar-refractivity contribution in [2.24, 2.45) is 0 Å². The lowest BCUT2D eigenvalue weighted by Crippen LogP contribution is -2.38. The molecule has 1 unspecified atom stereocenters. The van der Waals surface area contributed by atoms with Crippen molar-refractivity contribution in [2.45, 2.75) is 12.5 Å². The normalized spacial score (nSPS) is 18.3. The fourth-order valence-corrected chi connectivity index (χ4v) is 2.72. The maximum absolute atomic E-state index is 5.19. The Morgan fingerprint density at radius 1 is 1.47 bits per heavy atom. The highest BCUT2D eigenvalue weighted by molar-refractivity contribution is 5.32. The molecule has 0 fully saturated rings. The molecule has 104 valence electrons. The summed E-state index contributed by atoms with van der Waals surface area (Å²) in [4.78, 5) is 2.41. The molecule has 0 saturated heterocycles. The third-order valence-electron chi connectivity index (χ3n) is 3.68. The van der Waals surface area contributed by atoms with Gasteiger partial charge >= 0.3 is 0 Å². The van der Waals surface area contributed by atoms with Crippen LogP contribution in [0.2, 0.25) is 0 Å². The molecule has 1 aliphatic rings. The largest absolute Gasteiger partial charge is 0.383 e. The highest BCUT2D eigenvalue weighted by atomic mass is 16.5. The van der Waals surface area contributed by atoms with Gasteiger partial charge in [-0.25, -0.2) is 0 Å². The first-order valence-corrected chi connectivity index (χ1v) is 6.96. The van der Waals surface area contributed by atoms with Gasteiger partial charge in [0.15, 0.2) is 0 Å². The summed E-state index contributed by atoms with van der Waals surface area (Å²) in [7, 11) is 1.75. The van der Waals surface area contributed by atoms with E-state index in [1.807, 2.05) is 6.08 Å². The fourth-order valence-electron chi connectivity index (χ4n) is 2.72. The summed E-state index contributed by atoms with van der Waals surface area (Å²) in [5.41, 5.74) is 2.93. The Labute approximate surface area is 116 Å². The second kappa shape index (κ2) is 7.43. The number of fused-ring (bicyclic) bond motifs is 1. The van der Waals surface area contributed by atoms with Crippen molar-refractivity contribution in [2.75, 3.05) is 39.9 Å². The van der Waals surface area contributed by atoms with Gasteiger partial charge in [0.1, 0.15) is 0 Å². The zero-order chi connectivity index (χ0) is 13.5. The van der Waals surface area contributed by atoms with Gasteiger partial charge in [-0.3, -0.25) is 4.90 Å². The second-order valence-corrected chi connectivity index (χ2v) is 5.07. The molecule has 1 heterocycles. The first-order valence-electron chi connectivity index (χ1n) is 6.96. The number of hydrogen-bond acceptors (Lipinski definition) is 3. The van der Waals surface area contributed by atoms with Crippen LogP contribution in [0.5, 0.6) is 0 Å². The Kier molecular flexibility index (Phi) is 5.58. The monoisotopic (exact) mass is 260 g/mol. The predicted molar refractivity (Wildman–Crippen MR) is 79.4 cm³/mol. The molecule has 19 heavy (non-hydrogen) atoms. The molecule has 0 bridgehead atoms. The second-order valence-electron chi connectivity index (χ2n) is 5.07. The van der Waals surface area contributed by atoms with Crippen molar-refractivity contribution in [1.82, 2.24) is 10.2 Å². The van der Waals surface area contributed by atoms with Crippen LogP contribution in [0, 0.1) is 0 Å². The van der Waals surface area contributed by atoms with Crippen molar-refractivity contribution in [3.8, 4) is 0 Å². The topological polar surface area (TPSA) is 24.5 Å². The Morgan fingerprint density at radius 3 is 3.11 bits per heavy atom. The van der Waals surface area contributed by atoms with Crippen LogP contribution in [-0.2, 0) is 11.3 Å². The number of rotatable bonds is 7. The summed E-state index contributed by atoms with van der Waals surface area (Å²) in [6.07, 6.45) is 1.97. The van der Waals surface area contributed by atoms with Crippen molar-refractivity contribution >= 4 is 0 Å². The predicted octanol–water partition coefficient (Wildman–Crippen LogP) is 2.01. The number of hydrogen-bond donors (Lipinski definition) is 1. The summed E-state index contributed by atoms with van der Waals surface area (Å²) >= 11 is 0. The molecule has 0 saturated carbocycles. The molecule has 1 atom stereocenters. The molecule has 1 aromatic rings. The molecule has 0 aliphatic carbocycles. The Bertz CT molecular complexity index is 405. The van der Waals surface area contributed by atoms with E-state index in [0.717, 1.165) is 39.3 Å². The average molecular weight is 260 g/mol. The van der Waals surface area contributed by atoms with Gasteiger partial charge in [-0.2, -0.15) is 0 Å². The van der Waals surface area contributed by atoms with Gasteiger partial charge in [0.05, 0.1) is 6.61 Å². The lowest BCUT2D eigenvalue weighted by molar-refractivity contribution is 0.149. The first kappa shape index (κ1) is 14.3. The average Bonchev–Trinajstić information content (AvgIpc) is 2.45. The minimum atomic E-state index is 0.557. The molecule has 0 spiro atoms. The maximum atomic E-state index is 5.19. The number of ether oxygens (including phenoxy) is 1. The highest BCUT2D eigenvalue weighted by Crippen LogP contribution is 2.24. The summed E-state index contributed by atoms with van der Waals surface area (Å²) in [6.45, 7) is 9.60. The zero-order valence-electron chi connectivity index (χ0n) is 11.8. The van der Waals surface area contributed by atoms with Crippen LogP contribution in [0.3, 0.4) is 0 Å². The summed E-state index contributed by atoms with van der Waals surface area (Å²) < 4.78 is 5.19. The molecule has 0 aromatic heterocycles. The molecule has 2 rings (SSSR count). The van der Waals surface area contributed by atoms with Gasteiger partial charge in [-0.15, -0.1) is 6.58 Å². The van der Waals surface area contributed by atoms with Crippen molar-refractivity contribution < 1.29 is 4.74 Å². The van der Waals surface area contributed by atoms with E-state index < -0.39 is 0 Å². The Hall–Kier alpha value is -1.16. The Balaban J connectivity index is 2.03. The van der Waals surface area contributed by atoms with Crippen LogP contribution < -0.4 is 5.32 Å². The highest BCUT2D eigenvalue weighted by Gasteiger charge is 2.21. The van der Waals surface area contributed by atoms with Crippen LogP contribution in [0.15, 0.2) is 36.9 Å². The number of benzene rings is 1. The van der Waals surface area contributed by atoms with E-state index in [0.29, 0.717) is 5.92 Å².